The number of nitrogens with zero attached hydrogens (tertiary/aromatic N) is 1. The summed E-state index contributed by atoms with van der Waals surface area (Å²) in [7, 11) is 0. The van der Waals surface area contributed by atoms with E-state index in [0.717, 1.165) is 38.0 Å². The van der Waals surface area contributed by atoms with Crippen molar-refractivity contribution < 1.29 is 4.79 Å². The van der Waals surface area contributed by atoms with E-state index >= 15 is 0 Å². The Kier molecular flexibility index (Phi) is 6.05. The van der Waals surface area contributed by atoms with Gasteiger partial charge in [0.25, 0.3) is 0 Å². The molecule has 0 spiro atoms. The summed E-state index contributed by atoms with van der Waals surface area (Å²) in [6, 6.07) is 9.01. The highest BCUT2D eigenvalue weighted by atomic mass is 16.2. The molecule has 0 aliphatic carbocycles. The second-order valence-corrected chi connectivity index (χ2v) is 6.43. The summed E-state index contributed by atoms with van der Waals surface area (Å²) in [4.78, 5) is 14.1. The molecule has 1 amide bonds. The zero-order valence-electron chi connectivity index (χ0n) is 13.8. The maximum Gasteiger partial charge on any atom is 0.222 e. The largest absolute Gasteiger partial charge is 0.381 e. The molecule has 1 N–H and O–H groups in total. The fourth-order valence-corrected chi connectivity index (χ4v) is 2.91. The highest BCUT2D eigenvalue weighted by Gasteiger charge is 2.22. The maximum absolute atomic E-state index is 12.1. The van der Waals surface area contributed by atoms with Crippen LogP contribution in [0.2, 0.25) is 0 Å². The minimum Gasteiger partial charge on any atom is -0.381 e. The number of nitrogens with one attached hydrogen (secondary N) is 1. The van der Waals surface area contributed by atoms with Gasteiger partial charge in [-0.2, -0.15) is 0 Å². The van der Waals surface area contributed by atoms with E-state index in [1.54, 1.807) is 0 Å². The number of hydrogen-bond donors (Lipinski definition) is 1. The average molecular weight is 300 g/mol. The average Bonchev–Trinajstić information content (AvgIpc) is 2.53. The van der Waals surface area contributed by atoms with E-state index in [2.05, 4.69) is 50.0 Å². The SMILES string of the molecule is C=CCCC(=O)N1CCCC(Nc2ccc(C(C)C)cc2)C1. The summed E-state index contributed by atoms with van der Waals surface area (Å²) in [5.41, 5.74) is 2.50. The third-order valence-corrected chi connectivity index (χ3v) is 4.28. The van der Waals surface area contributed by atoms with Crippen molar-refractivity contribution in [1.29, 1.82) is 0 Å². The molecule has 3 nitrogen and oxygen atoms in total. The van der Waals surface area contributed by atoms with E-state index in [9.17, 15) is 4.79 Å². The van der Waals surface area contributed by atoms with Crippen molar-refractivity contribution in [2.24, 2.45) is 0 Å². The van der Waals surface area contributed by atoms with Gasteiger partial charge in [0.2, 0.25) is 5.91 Å². The number of carbonyl (C=O) groups is 1. The Hall–Kier alpha value is -1.77. The second kappa shape index (κ2) is 8.02. The number of amides is 1. The van der Waals surface area contributed by atoms with Gasteiger partial charge in [0, 0.05) is 31.2 Å². The van der Waals surface area contributed by atoms with Crippen LogP contribution in [0.5, 0.6) is 0 Å². The van der Waals surface area contributed by atoms with Crippen molar-refractivity contribution in [1.82, 2.24) is 4.90 Å². The number of likely N-dealkylation sites (tertiary alicyclic amines) is 1. The summed E-state index contributed by atoms with van der Waals surface area (Å²) in [5, 5.41) is 3.57. The normalized spacial score (nSPS) is 18.3. The highest BCUT2D eigenvalue weighted by molar-refractivity contribution is 5.76. The predicted octanol–water partition coefficient (Wildman–Crippen LogP) is 4.18. The lowest BCUT2D eigenvalue weighted by Crippen LogP contribution is -2.45. The Labute approximate surface area is 134 Å². The van der Waals surface area contributed by atoms with Crippen molar-refractivity contribution in [2.75, 3.05) is 18.4 Å². The first-order chi connectivity index (χ1) is 10.6. The zero-order chi connectivity index (χ0) is 15.9. The monoisotopic (exact) mass is 300 g/mol. The first-order valence-electron chi connectivity index (χ1n) is 8.35. The molecule has 22 heavy (non-hydrogen) atoms. The Morgan fingerprint density at radius 2 is 2.14 bits per heavy atom. The Morgan fingerprint density at radius 3 is 2.77 bits per heavy atom. The quantitative estimate of drug-likeness (QED) is 0.799. The van der Waals surface area contributed by atoms with Gasteiger partial charge < -0.3 is 10.2 Å². The fourth-order valence-electron chi connectivity index (χ4n) is 2.91. The van der Waals surface area contributed by atoms with Crippen LogP contribution >= 0.6 is 0 Å². The molecule has 0 saturated carbocycles. The number of piperidine rings is 1. The number of allylic oxidation sites excluding steroid dienone is 1. The molecular formula is C19H28N2O. The molecule has 0 aromatic heterocycles. The molecule has 1 unspecified atom stereocenters. The van der Waals surface area contributed by atoms with Crippen LogP contribution in [0.15, 0.2) is 36.9 Å². The molecule has 3 heteroatoms. The molecule has 1 heterocycles. The molecule has 1 aromatic carbocycles. The van der Waals surface area contributed by atoms with E-state index in [1.165, 1.54) is 5.56 Å². The van der Waals surface area contributed by atoms with Gasteiger partial charge in [-0.1, -0.05) is 32.1 Å². The van der Waals surface area contributed by atoms with Crippen molar-refractivity contribution >= 4 is 11.6 Å². The predicted molar refractivity (Wildman–Crippen MR) is 93.2 cm³/mol. The molecule has 1 saturated heterocycles. The van der Waals surface area contributed by atoms with Crippen LogP contribution in [0.1, 0.15) is 51.0 Å². The highest BCUT2D eigenvalue weighted by Crippen LogP contribution is 2.20. The van der Waals surface area contributed by atoms with E-state index < -0.39 is 0 Å². The Morgan fingerprint density at radius 1 is 1.41 bits per heavy atom. The van der Waals surface area contributed by atoms with E-state index in [4.69, 9.17) is 0 Å². The molecule has 2 rings (SSSR count). The van der Waals surface area contributed by atoms with Crippen LogP contribution in [0.4, 0.5) is 5.69 Å². The van der Waals surface area contributed by atoms with Crippen LogP contribution in [0.3, 0.4) is 0 Å². The lowest BCUT2D eigenvalue weighted by Gasteiger charge is -2.33. The summed E-state index contributed by atoms with van der Waals surface area (Å²) in [6.07, 6.45) is 5.36. The number of carbonyl (C=O) groups excluding carboxylic acids is 1. The summed E-state index contributed by atoms with van der Waals surface area (Å²) in [6.45, 7) is 9.79. The number of anilines is 1. The molecule has 1 aliphatic heterocycles. The molecule has 1 aliphatic rings. The van der Waals surface area contributed by atoms with Crippen molar-refractivity contribution in [2.45, 2.75) is 51.5 Å². The number of benzene rings is 1. The molecule has 120 valence electrons. The summed E-state index contributed by atoms with van der Waals surface area (Å²) < 4.78 is 0. The van der Waals surface area contributed by atoms with Gasteiger partial charge in [0.05, 0.1) is 0 Å². The van der Waals surface area contributed by atoms with Gasteiger partial charge >= 0.3 is 0 Å². The smallest absolute Gasteiger partial charge is 0.222 e. The summed E-state index contributed by atoms with van der Waals surface area (Å²) >= 11 is 0. The second-order valence-electron chi connectivity index (χ2n) is 6.43. The summed E-state index contributed by atoms with van der Waals surface area (Å²) in [5.74, 6) is 0.809. The van der Waals surface area contributed by atoms with Crippen molar-refractivity contribution in [3.8, 4) is 0 Å². The van der Waals surface area contributed by atoms with Crippen LogP contribution in [-0.4, -0.2) is 29.9 Å². The van der Waals surface area contributed by atoms with Gasteiger partial charge in [-0.25, -0.2) is 0 Å². The zero-order valence-corrected chi connectivity index (χ0v) is 13.8. The fraction of sp³-hybridized carbons (Fsp3) is 0.526. The van der Waals surface area contributed by atoms with Gasteiger partial charge in [-0.05, 0) is 42.9 Å². The van der Waals surface area contributed by atoms with Gasteiger partial charge in [0.1, 0.15) is 0 Å². The molecule has 1 fully saturated rings. The Bertz CT molecular complexity index is 493. The molecular weight excluding hydrogens is 272 g/mol. The van der Waals surface area contributed by atoms with Crippen LogP contribution in [0.25, 0.3) is 0 Å². The standard InChI is InChI=1S/C19H28N2O/c1-4-5-8-19(22)21-13-6-7-18(14-21)20-17-11-9-16(10-12-17)15(2)3/h4,9-12,15,18,20H,1,5-8,13-14H2,2-3H3. The molecule has 0 bridgehead atoms. The van der Waals surface area contributed by atoms with E-state index in [0.29, 0.717) is 18.4 Å². The van der Waals surface area contributed by atoms with Gasteiger partial charge in [-0.3, -0.25) is 4.79 Å². The van der Waals surface area contributed by atoms with Gasteiger partial charge in [0.15, 0.2) is 0 Å². The van der Waals surface area contributed by atoms with E-state index in [1.807, 2.05) is 11.0 Å². The van der Waals surface area contributed by atoms with Gasteiger partial charge in [-0.15, -0.1) is 6.58 Å². The van der Waals surface area contributed by atoms with Crippen LogP contribution in [0, 0.1) is 0 Å². The number of hydrogen-bond acceptors (Lipinski definition) is 2. The first-order valence-corrected chi connectivity index (χ1v) is 8.35. The maximum atomic E-state index is 12.1. The third-order valence-electron chi connectivity index (χ3n) is 4.28. The molecule has 1 atom stereocenters. The molecule has 0 radical (unpaired) electrons. The Balaban J connectivity index is 1.89. The lowest BCUT2D eigenvalue weighted by atomic mass is 10.0. The molecule has 1 aromatic rings. The minimum atomic E-state index is 0.251. The minimum absolute atomic E-state index is 0.251. The van der Waals surface area contributed by atoms with Crippen molar-refractivity contribution in [3.63, 3.8) is 0 Å². The number of rotatable bonds is 6. The third kappa shape index (κ3) is 4.62. The topological polar surface area (TPSA) is 32.3 Å². The van der Waals surface area contributed by atoms with Crippen LogP contribution < -0.4 is 5.32 Å². The van der Waals surface area contributed by atoms with E-state index in [-0.39, 0.29) is 5.91 Å². The van der Waals surface area contributed by atoms with Crippen LogP contribution in [-0.2, 0) is 4.79 Å². The van der Waals surface area contributed by atoms with Crippen molar-refractivity contribution in [3.05, 3.63) is 42.5 Å². The lowest BCUT2D eigenvalue weighted by molar-refractivity contribution is -0.132. The first kappa shape index (κ1) is 16.6.